The molecule has 0 aliphatic heterocycles. The molecule has 2 aromatic rings. The van der Waals surface area contributed by atoms with Gasteiger partial charge in [0, 0.05) is 18.1 Å². The first-order valence-electron chi connectivity index (χ1n) is 8.70. The van der Waals surface area contributed by atoms with Crippen LogP contribution < -0.4 is 14.9 Å². The molecule has 2 aromatic carbocycles. The van der Waals surface area contributed by atoms with Gasteiger partial charge in [-0.05, 0) is 51.1 Å². The van der Waals surface area contributed by atoms with E-state index in [0.717, 1.165) is 0 Å². The van der Waals surface area contributed by atoms with Crippen LogP contribution >= 0.6 is 0 Å². The molecular weight excluding hydrogens is 360 g/mol. The fourth-order valence-electron chi connectivity index (χ4n) is 2.45. The second-order valence-corrected chi connectivity index (χ2v) is 7.08. The first kappa shape index (κ1) is 21.0. The lowest BCUT2D eigenvalue weighted by atomic mass is 10.1. The molecule has 0 heterocycles. The van der Waals surface area contributed by atoms with E-state index in [1.54, 1.807) is 51.1 Å². The van der Waals surface area contributed by atoms with Gasteiger partial charge < -0.3 is 9.47 Å². The topological polar surface area (TPSA) is 84.9 Å². The summed E-state index contributed by atoms with van der Waals surface area (Å²) in [7, 11) is 1.41. The summed E-state index contributed by atoms with van der Waals surface area (Å²) in [5.74, 6) is -0.868. The minimum Gasteiger partial charge on any atom is -0.493 e. The SMILES string of the molecule is COc1cc(C(=O)N(NC(=O)c2ccccc2)C(C)(C)C)ccc1OC(C)=O. The highest BCUT2D eigenvalue weighted by molar-refractivity contribution is 5.99. The number of hydrogen-bond donors (Lipinski definition) is 1. The molecule has 0 spiro atoms. The van der Waals surface area contributed by atoms with Gasteiger partial charge in [-0.15, -0.1) is 0 Å². The van der Waals surface area contributed by atoms with Gasteiger partial charge in [0.1, 0.15) is 0 Å². The molecule has 0 aromatic heterocycles. The van der Waals surface area contributed by atoms with E-state index in [9.17, 15) is 14.4 Å². The number of ether oxygens (including phenoxy) is 2. The molecule has 148 valence electrons. The predicted molar refractivity (Wildman–Crippen MR) is 104 cm³/mol. The molecule has 2 amide bonds. The van der Waals surface area contributed by atoms with Crippen molar-refractivity contribution >= 4 is 17.8 Å². The summed E-state index contributed by atoms with van der Waals surface area (Å²) in [6.07, 6.45) is 0. The van der Waals surface area contributed by atoms with Crippen molar-refractivity contribution in [3.63, 3.8) is 0 Å². The number of hydrazine groups is 1. The summed E-state index contributed by atoms with van der Waals surface area (Å²) in [6.45, 7) is 6.70. The molecule has 0 fully saturated rings. The number of rotatable bonds is 4. The van der Waals surface area contributed by atoms with Crippen LogP contribution in [0.2, 0.25) is 0 Å². The van der Waals surface area contributed by atoms with Gasteiger partial charge in [0.25, 0.3) is 11.8 Å². The quantitative estimate of drug-likeness (QED) is 0.497. The Kier molecular flexibility index (Phi) is 6.41. The van der Waals surface area contributed by atoms with Crippen molar-refractivity contribution in [3.05, 3.63) is 59.7 Å². The standard InChI is InChI=1S/C21H24N2O5/c1-14(24)28-17-12-11-16(13-18(17)27-5)20(26)23(21(2,3)4)22-19(25)15-9-7-6-8-10-15/h6-13H,1-5H3,(H,22,25). The normalized spacial score (nSPS) is 10.8. The molecule has 7 nitrogen and oxygen atoms in total. The number of hydrogen-bond acceptors (Lipinski definition) is 5. The highest BCUT2D eigenvalue weighted by atomic mass is 16.6. The Morgan fingerprint density at radius 2 is 1.57 bits per heavy atom. The molecule has 1 N–H and O–H groups in total. The van der Waals surface area contributed by atoms with Crippen molar-refractivity contribution in [2.24, 2.45) is 0 Å². The second-order valence-electron chi connectivity index (χ2n) is 7.08. The average molecular weight is 384 g/mol. The summed E-state index contributed by atoms with van der Waals surface area (Å²) in [5.41, 5.74) is 2.69. The van der Waals surface area contributed by atoms with Crippen molar-refractivity contribution in [1.29, 1.82) is 0 Å². The van der Waals surface area contributed by atoms with Gasteiger partial charge >= 0.3 is 5.97 Å². The third-order valence-corrected chi connectivity index (χ3v) is 3.79. The Morgan fingerprint density at radius 3 is 2.11 bits per heavy atom. The van der Waals surface area contributed by atoms with E-state index < -0.39 is 23.3 Å². The van der Waals surface area contributed by atoms with Crippen LogP contribution in [-0.2, 0) is 4.79 Å². The van der Waals surface area contributed by atoms with E-state index >= 15 is 0 Å². The number of carbonyl (C=O) groups excluding carboxylic acids is 3. The Balaban J connectivity index is 2.33. The maximum Gasteiger partial charge on any atom is 0.308 e. The molecule has 0 saturated carbocycles. The zero-order chi connectivity index (χ0) is 20.9. The molecule has 0 aliphatic carbocycles. The fourth-order valence-corrected chi connectivity index (χ4v) is 2.45. The summed E-state index contributed by atoms with van der Waals surface area (Å²) in [4.78, 5) is 36.9. The van der Waals surface area contributed by atoms with Crippen LogP contribution in [0.1, 0.15) is 48.4 Å². The van der Waals surface area contributed by atoms with Crippen molar-refractivity contribution < 1.29 is 23.9 Å². The lowest BCUT2D eigenvalue weighted by molar-refractivity contribution is -0.132. The third kappa shape index (κ3) is 5.09. The Hall–Kier alpha value is -3.35. The molecule has 0 atom stereocenters. The first-order chi connectivity index (χ1) is 13.1. The third-order valence-electron chi connectivity index (χ3n) is 3.79. The van der Waals surface area contributed by atoms with E-state index in [1.807, 2.05) is 0 Å². The average Bonchev–Trinajstić information content (AvgIpc) is 2.65. The minimum atomic E-state index is -0.691. The first-order valence-corrected chi connectivity index (χ1v) is 8.70. The van der Waals surface area contributed by atoms with Crippen LogP contribution in [0.25, 0.3) is 0 Å². The van der Waals surface area contributed by atoms with Gasteiger partial charge in [-0.1, -0.05) is 18.2 Å². The zero-order valence-electron chi connectivity index (χ0n) is 16.6. The van der Waals surface area contributed by atoms with E-state index in [0.29, 0.717) is 5.56 Å². The van der Waals surface area contributed by atoms with Gasteiger partial charge in [-0.2, -0.15) is 0 Å². The number of nitrogens with zero attached hydrogens (tertiary/aromatic N) is 1. The molecule has 0 bridgehead atoms. The molecule has 0 unspecified atom stereocenters. The van der Waals surface area contributed by atoms with Crippen LogP contribution in [-0.4, -0.2) is 35.4 Å². The number of nitrogens with one attached hydrogen (secondary N) is 1. The molecule has 2 rings (SSSR count). The number of carbonyl (C=O) groups is 3. The summed E-state index contributed by atoms with van der Waals surface area (Å²) >= 11 is 0. The van der Waals surface area contributed by atoms with Crippen LogP contribution in [0, 0.1) is 0 Å². The lowest BCUT2D eigenvalue weighted by Gasteiger charge is -2.35. The summed E-state index contributed by atoms with van der Waals surface area (Å²) in [5, 5.41) is 1.27. The number of benzene rings is 2. The van der Waals surface area contributed by atoms with Crippen LogP contribution in [0.3, 0.4) is 0 Å². The van der Waals surface area contributed by atoms with Crippen molar-refractivity contribution in [2.75, 3.05) is 7.11 Å². The molecule has 0 radical (unpaired) electrons. The smallest absolute Gasteiger partial charge is 0.308 e. The Bertz CT molecular complexity index is 872. The lowest BCUT2D eigenvalue weighted by Crippen LogP contribution is -2.55. The van der Waals surface area contributed by atoms with E-state index in [1.165, 1.54) is 37.2 Å². The maximum absolute atomic E-state index is 13.1. The zero-order valence-corrected chi connectivity index (χ0v) is 16.6. The van der Waals surface area contributed by atoms with Crippen LogP contribution in [0.5, 0.6) is 11.5 Å². The molecule has 0 aliphatic rings. The monoisotopic (exact) mass is 384 g/mol. The van der Waals surface area contributed by atoms with E-state index in [2.05, 4.69) is 5.43 Å². The van der Waals surface area contributed by atoms with Crippen molar-refractivity contribution in [3.8, 4) is 11.5 Å². The maximum atomic E-state index is 13.1. The van der Waals surface area contributed by atoms with Gasteiger partial charge in [0.2, 0.25) is 0 Å². The van der Waals surface area contributed by atoms with Crippen molar-refractivity contribution in [2.45, 2.75) is 33.2 Å². The molecular formula is C21H24N2O5. The number of amides is 2. The fraction of sp³-hybridized carbons (Fsp3) is 0.286. The van der Waals surface area contributed by atoms with E-state index in [4.69, 9.17) is 9.47 Å². The van der Waals surface area contributed by atoms with Gasteiger partial charge in [0.05, 0.1) is 12.6 Å². The number of esters is 1. The van der Waals surface area contributed by atoms with Crippen LogP contribution in [0.4, 0.5) is 0 Å². The van der Waals surface area contributed by atoms with Gasteiger partial charge in [-0.3, -0.25) is 19.8 Å². The van der Waals surface area contributed by atoms with Gasteiger partial charge in [-0.25, -0.2) is 5.01 Å². The molecule has 28 heavy (non-hydrogen) atoms. The van der Waals surface area contributed by atoms with E-state index in [-0.39, 0.29) is 17.1 Å². The predicted octanol–water partition coefficient (Wildman–Crippen LogP) is 3.21. The highest BCUT2D eigenvalue weighted by Gasteiger charge is 2.30. The number of methoxy groups -OCH3 is 1. The minimum absolute atomic E-state index is 0.210. The largest absolute Gasteiger partial charge is 0.493 e. The molecule has 0 saturated heterocycles. The Morgan fingerprint density at radius 1 is 0.929 bits per heavy atom. The molecule has 7 heteroatoms. The van der Waals surface area contributed by atoms with Gasteiger partial charge in [0.15, 0.2) is 11.5 Å². The van der Waals surface area contributed by atoms with Crippen LogP contribution in [0.15, 0.2) is 48.5 Å². The summed E-state index contributed by atoms with van der Waals surface area (Å²) < 4.78 is 10.3. The highest BCUT2D eigenvalue weighted by Crippen LogP contribution is 2.29. The Labute approximate surface area is 164 Å². The van der Waals surface area contributed by atoms with Crippen molar-refractivity contribution in [1.82, 2.24) is 10.4 Å². The second kappa shape index (κ2) is 8.56. The summed E-state index contributed by atoms with van der Waals surface area (Å²) in [6, 6.07) is 13.1.